The quantitative estimate of drug-likeness (QED) is 0.425. The molecule has 3 heterocycles. The number of aryl methyl sites for hydroxylation is 1. The van der Waals surface area contributed by atoms with E-state index in [2.05, 4.69) is 10.4 Å². The number of likely N-dealkylation sites (tertiary alicyclic amines) is 1. The average molecular weight is 480 g/mol. The van der Waals surface area contributed by atoms with E-state index in [9.17, 15) is 27.2 Å². The molecule has 0 aliphatic carbocycles. The van der Waals surface area contributed by atoms with Crippen LogP contribution in [0.4, 0.5) is 23.2 Å². The van der Waals surface area contributed by atoms with Crippen molar-refractivity contribution in [1.29, 1.82) is 0 Å². The maximum absolute atomic E-state index is 13.7. The van der Waals surface area contributed by atoms with Crippen molar-refractivity contribution in [3.63, 3.8) is 0 Å². The molecule has 1 aliphatic rings. The molecule has 2 amide bonds. The van der Waals surface area contributed by atoms with Gasteiger partial charge < -0.3 is 19.4 Å². The zero-order valence-electron chi connectivity index (χ0n) is 18.0. The van der Waals surface area contributed by atoms with Gasteiger partial charge in [0.1, 0.15) is 18.1 Å². The maximum atomic E-state index is 13.7. The second kappa shape index (κ2) is 9.57. The van der Waals surface area contributed by atoms with Gasteiger partial charge in [0.15, 0.2) is 23.1 Å². The first-order valence-electron chi connectivity index (χ1n) is 10.4. The number of hydrogen-bond donors (Lipinski definition) is 1. The van der Waals surface area contributed by atoms with Crippen LogP contribution < -0.4 is 10.1 Å². The smallest absolute Gasteiger partial charge is 0.291 e. The number of nitrogens with one attached hydrogen (secondary N) is 1. The Morgan fingerprint density at radius 3 is 2.44 bits per heavy atom. The molecule has 34 heavy (non-hydrogen) atoms. The molecular formula is C22H20F4N4O4. The van der Waals surface area contributed by atoms with Crippen molar-refractivity contribution in [1.82, 2.24) is 14.7 Å². The SMILES string of the molecule is Cn1ncc(NC(=O)c2ccc(COc3c(F)c(F)cc(F)c3F)o2)c1C(=O)N1CCCCC1. The molecule has 1 aromatic carbocycles. The maximum Gasteiger partial charge on any atom is 0.291 e. The van der Waals surface area contributed by atoms with Crippen molar-refractivity contribution < 1.29 is 36.3 Å². The number of ether oxygens (including phenoxy) is 1. The van der Waals surface area contributed by atoms with Gasteiger partial charge in [0.05, 0.1) is 11.9 Å². The Balaban J connectivity index is 1.45. The molecule has 0 spiro atoms. The molecule has 0 bridgehead atoms. The molecule has 12 heteroatoms. The van der Waals surface area contributed by atoms with Gasteiger partial charge in [-0.15, -0.1) is 0 Å². The van der Waals surface area contributed by atoms with Gasteiger partial charge in [0.25, 0.3) is 11.8 Å². The van der Waals surface area contributed by atoms with E-state index in [0.29, 0.717) is 13.1 Å². The highest BCUT2D eigenvalue weighted by Crippen LogP contribution is 2.27. The first-order chi connectivity index (χ1) is 16.3. The fraction of sp³-hybridized carbons (Fsp3) is 0.318. The summed E-state index contributed by atoms with van der Waals surface area (Å²) >= 11 is 0. The van der Waals surface area contributed by atoms with Crippen LogP contribution in [0.15, 0.2) is 28.8 Å². The van der Waals surface area contributed by atoms with Crippen molar-refractivity contribution in [2.24, 2.45) is 7.05 Å². The fourth-order valence-corrected chi connectivity index (χ4v) is 3.61. The van der Waals surface area contributed by atoms with Gasteiger partial charge in [-0.3, -0.25) is 14.3 Å². The standard InChI is InChI=1S/C22H20F4N4O4/c1-29-19(22(32)30-7-3-2-4-8-30)15(10-27-29)28-21(31)16-6-5-12(34-16)11-33-20-17(25)13(23)9-14(24)18(20)26/h5-6,9-10H,2-4,7-8,11H2,1H3,(H,28,31). The number of anilines is 1. The Bertz CT molecular complexity index is 1210. The van der Waals surface area contributed by atoms with Crippen LogP contribution in [0.2, 0.25) is 0 Å². The Morgan fingerprint density at radius 1 is 1.09 bits per heavy atom. The molecule has 0 unspecified atom stereocenters. The van der Waals surface area contributed by atoms with Crippen molar-refractivity contribution in [2.45, 2.75) is 25.9 Å². The average Bonchev–Trinajstić information content (AvgIpc) is 3.44. The van der Waals surface area contributed by atoms with E-state index < -0.39 is 41.5 Å². The molecule has 4 rings (SSSR count). The lowest BCUT2D eigenvalue weighted by molar-refractivity contribution is 0.0714. The number of piperidine rings is 1. The topological polar surface area (TPSA) is 89.6 Å². The second-order valence-electron chi connectivity index (χ2n) is 7.69. The number of amides is 2. The first kappa shape index (κ1) is 23.3. The zero-order valence-corrected chi connectivity index (χ0v) is 18.0. The predicted molar refractivity (Wildman–Crippen MR) is 110 cm³/mol. The largest absolute Gasteiger partial charge is 0.479 e. The molecule has 0 atom stereocenters. The summed E-state index contributed by atoms with van der Waals surface area (Å²) in [6.07, 6.45) is 4.19. The molecule has 0 saturated carbocycles. The summed E-state index contributed by atoms with van der Waals surface area (Å²) in [6, 6.07) is 2.63. The number of furan rings is 1. The van der Waals surface area contributed by atoms with E-state index in [4.69, 9.17) is 9.15 Å². The van der Waals surface area contributed by atoms with Crippen LogP contribution in [0.5, 0.6) is 5.75 Å². The first-order valence-corrected chi connectivity index (χ1v) is 10.4. The minimum atomic E-state index is -1.69. The number of aromatic nitrogens is 2. The van der Waals surface area contributed by atoms with E-state index in [1.54, 1.807) is 11.9 Å². The van der Waals surface area contributed by atoms with Gasteiger partial charge in [-0.05, 0) is 31.4 Å². The number of nitrogens with zero attached hydrogens (tertiary/aromatic N) is 3. The molecule has 1 N–H and O–H groups in total. The molecular weight excluding hydrogens is 460 g/mol. The highest BCUT2D eigenvalue weighted by molar-refractivity contribution is 6.07. The summed E-state index contributed by atoms with van der Waals surface area (Å²) in [5.74, 6) is -9.03. The lowest BCUT2D eigenvalue weighted by Crippen LogP contribution is -2.37. The number of hydrogen-bond acceptors (Lipinski definition) is 5. The van der Waals surface area contributed by atoms with Gasteiger partial charge in [-0.25, -0.2) is 8.78 Å². The van der Waals surface area contributed by atoms with Crippen LogP contribution in [-0.2, 0) is 13.7 Å². The summed E-state index contributed by atoms with van der Waals surface area (Å²) in [5.41, 5.74) is 0.404. The number of benzene rings is 1. The molecule has 180 valence electrons. The van der Waals surface area contributed by atoms with Crippen LogP contribution in [0.1, 0.15) is 46.1 Å². The summed E-state index contributed by atoms with van der Waals surface area (Å²) in [4.78, 5) is 27.2. The second-order valence-corrected chi connectivity index (χ2v) is 7.69. The van der Waals surface area contributed by atoms with Gasteiger partial charge >= 0.3 is 0 Å². The third-order valence-corrected chi connectivity index (χ3v) is 5.35. The van der Waals surface area contributed by atoms with Crippen molar-refractivity contribution in [3.8, 4) is 5.75 Å². The zero-order chi connectivity index (χ0) is 24.4. The van der Waals surface area contributed by atoms with E-state index in [1.165, 1.54) is 23.0 Å². The number of halogens is 4. The number of rotatable bonds is 6. The summed E-state index contributed by atoms with van der Waals surface area (Å²) in [7, 11) is 1.59. The number of carbonyl (C=O) groups is 2. The van der Waals surface area contributed by atoms with Crippen LogP contribution >= 0.6 is 0 Å². The normalized spacial score (nSPS) is 13.7. The van der Waals surface area contributed by atoms with Crippen LogP contribution in [-0.4, -0.2) is 39.6 Å². The van der Waals surface area contributed by atoms with Gasteiger partial charge in [-0.2, -0.15) is 13.9 Å². The van der Waals surface area contributed by atoms with Crippen molar-refractivity contribution >= 4 is 17.5 Å². The van der Waals surface area contributed by atoms with Gasteiger partial charge in [0.2, 0.25) is 11.6 Å². The molecule has 1 saturated heterocycles. The lowest BCUT2D eigenvalue weighted by Gasteiger charge is -2.27. The van der Waals surface area contributed by atoms with Gasteiger partial charge in [-0.1, -0.05) is 0 Å². The Kier molecular flexibility index (Phi) is 6.57. The summed E-state index contributed by atoms with van der Waals surface area (Å²) in [6.45, 7) is 0.639. The molecule has 1 aliphatic heterocycles. The molecule has 3 aromatic rings. The van der Waals surface area contributed by atoms with E-state index in [-0.39, 0.29) is 34.9 Å². The monoisotopic (exact) mass is 480 g/mol. The summed E-state index contributed by atoms with van der Waals surface area (Å²) in [5, 5.41) is 6.61. The Morgan fingerprint density at radius 2 is 1.76 bits per heavy atom. The summed E-state index contributed by atoms with van der Waals surface area (Å²) < 4.78 is 65.6. The van der Waals surface area contributed by atoms with E-state index in [1.807, 2.05) is 0 Å². The van der Waals surface area contributed by atoms with Crippen LogP contribution in [0, 0.1) is 23.3 Å². The molecule has 8 nitrogen and oxygen atoms in total. The van der Waals surface area contributed by atoms with E-state index >= 15 is 0 Å². The third-order valence-electron chi connectivity index (χ3n) is 5.35. The van der Waals surface area contributed by atoms with Gasteiger partial charge in [0, 0.05) is 26.2 Å². The molecule has 1 fully saturated rings. The highest BCUT2D eigenvalue weighted by Gasteiger charge is 2.26. The minimum absolute atomic E-state index is 0.0376. The molecule has 0 radical (unpaired) electrons. The Hall–Kier alpha value is -3.83. The number of carbonyl (C=O) groups excluding carboxylic acids is 2. The fourth-order valence-electron chi connectivity index (χ4n) is 3.61. The predicted octanol–water partition coefficient (Wildman–Crippen LogP) is 4.03. The Labute approximate surface area is 191 Å². The van der Waals surface area contributed by atoms with Crippen LogP contribution in [0.3, 0.4) is 0 Å². The van der Waals surface area contributed by atoms with E-state index in [0.717, 1.165) is 19.3 Å². The van der Waals surface area contributed by atoms with Crippen molar-refractivity contribution in [2.75, 3.05) is 18.4 Å². The van der Waals surface area contributed by atoms with Crippen LogP contribution in [0.25, 0.3) is 0 Å². The third kappa shape index (κ3) is 4.61. The highest BCUT2D eigenvalue weighted by atomic mass is 19.2. The molecule has 2 aromatic heterocycles. The minimum Gasteiger partial charge on any atom is -0.479 e. The lowest BCUT2D eigenvalue weighted by atomic mass is 10.1. The van der Waals surface area contributed by atoms with Crippen molar-refractivity contribution in [3.05, 3.63) is 64.9 Å².